The molecule has 0 heterocycles. The zero-order chi connectivity index (χ0) is 21.2. The third-order valence-electron chi connectivity index (χ3n) is 4.13. The number of nitrogens with two attached hydrogens (primary N) is 1. The van der Waals surface area contributed by atoms with Crippen molar-refractivity contribution in [1.29, 1.82) is 0 Å². The molecule has 0 atom stereocenters. The van der Waals surface area contributed by atoms with Gasteiger partial charge in [-0.15, -0.1) is 0 Å². The first-order valence-corrected chi connectivity index (χ1v) is 9.94. The Morgan fingerprint density at radius 3 is 2.29 bits per heavy atom. The lowest BCUT2D eigenvalue weighted by atomic mass is 9.83. The maximum atomic E-state index is 13.2. The van der Waals surface area contributed by atoms with E-state index in [1.807, 2.05) is 26.0 Å². The maximum absolute atomic E-state index is 13.2. The number of hydrogen-bond donors (Lipinski definition) is 2. The minimum absolute atomic E-state index is 0.0919. The monoisotopic (exact) mass is 413 g/mol. The van der Waals surface area contributed by atoms with Crippen LogP contribution in [0.25, 0.3) is 0 Å². The van der Waals surface area contributed by atoms with Crippen LogP contribution in [0.1, 0.15) is 20.3 Å². The first-order chi connectivity index (χ1) is 12.8. The van der Waals surface area contributed by atoms with Crippen molar-refractivity contribution in [3.05, 3.63) is 59.8 Å². The van der Waals surface area contributed by atoms with Crippen molar-refractivity contribution >= 4 is 21.4 Å². The Morgan fingerprint density at radius 2 is 1.86 bits per heavy atom. The first-order valence-electron chi connectivity index (χ1n) is 8.40. The van der Waals surface area contributed by atoms with E-state index in [0.29, 0.717) is 17.7 Å². The lowest BCUT2D eigenvalue weighted by Gasteiger charge is -2.23. The van der Waals surface area contributed by atoms with E-state index < -0.39 is 21.9 Å². The highest BCUT2D eigenvalue weighted by Crippen LogP contribution is 2.31. The van der Waals surface area contributed by atoms with E-state index >= 15 is 0 Å². The summed E-state index contributed by atoms with van der Waals surface area (Å²) in [6.45, 7) is 4.04. The van der Waals surface area contributed by atoms with E-state index in [4.69, 9.17) is 5.14 Å². The van der Waals surface area contributed by atoms with Crippen LogP contribution in [0.4, 0.5) is 18.9 Å². The molecule has 0 amide bonds. The second-order valence-corrected chi connectivity index (χ2v) is 8.59. The minimum atomic E-state index is -4.56. The van der Waals surface area contributed by atoms with Gasteiger partial charge < -0.3 is 5.32 Å². The van der Waals surface area contributed by atoms with E-state index in [1.54, 1.807) is 6.08 Å². The molecule has 0 unspecified atom stereocenters. The molecule has 3 N–H and O–H groups in total. The molecule has 0 aliphatic heterocycles. The Bertz CT molecular complexity index is 955. The predicted octanol–water partition coefficient (Wildman–Crippen LogP) is 3.98. The van der Waals surface area contributed by atoms with Gasteiger partial charge in [0.15, 0.2) is 0 Å². The van der Waals surface area contributed by atoms with Gasteiger partial charge in [0.2, 0.25) is 10.0 Å². The molecule has 0 aromatic heterocycles. The molecule has 1 aromatic carbocycles. The van der Waals surface area contributed by atoms with Gasteiger partial charge in [-0.3, -0.25) is 0 Å². The number of sulfonamides is 1. The van der Waals surface area contributed by atoms with Crippen molar-refractivity contribution in [2.45, 2.75) is 31.3 Å². The molecule has 28 heavy (non-hydrogen) atoms. The van der Waals surface area contributed by atoms with Crippen LogP contribution in [-0.4, -0.2) is 27.4 Å². The summed E-state index contributed by atoms with van der Waals surface area (Å²) in [6, 6.07) is 5.29. The van der Waals surface area contributed by atoms with Crippen LogP contribution in [0, 0.1) is 5.41 Å². The zero-order valence-electron chi connectivity index (χ0n) is 15.7. The summed E-state index contributed by atoms with van der Waals surface area (Å²) in [5, 5.41) is 7.21. The third kappa shape index (κ3) is 5.80. The van der Waals surface area contributed by atoms with Crippen molar-refractivity contribution in [3.63, 3.8) is 0 Å². The van der Waals surface area contributed by atoms with Crippen molar-refractivity contribution < 1.29 is 21.6 Å². The Hall–Kier alpha value is -2.39. The van der Waals surface area contributed by atoms with E-state index in [2.05, 4.69) is 10.3 Å². The SMILES string of the molecule is CNC(=CC(=Nc1ccc(S(N)(=O)=O)cc1)C1=CCC(C)(C)C=C1)C(F)(F)F. The molecule has 5 nitrogen and oxygen atoms in total. The molecule has 0 spiro atoms. The Balaban J connectivity index is 2.52. The van der Waals surface area contributed by atoms with Gasteiger partial charge in [-0.05, 0) is 47.8 Å². The number of benzene rings is 1. The Kier molecular flexibility index (Phi) is 6.20. The van der Waals surface area contributed by atoms with Crippen LogP contribution < -0.4 is 10.5 Å². The summed E-state index contributed by atoms with van der Waals surface area (Å²) in [7, 11) is -2.68. The van der Waals surface area contributed by atoms with Crippen molar-refractivity contribution in [1.82, 2.24) is 5.32 Å². The zero-order valence-corrected chi connectivity index (χ0v) is 16.5. The fraction of sp³-hybridized carbons (Fsp3) is 0.316. The summed E-state index contributed by atoms with van der Waals surface area (Å²) >= 11 is 0. The number of alkyl halides is 3. The lowest BCUT2D eigenvalue weighted by Crippen LogP contribution is -2.24. The molecule has 9 heteroatoms. The number of nitrogens with one attached hydrogen (secondary N) is 1. The highest BCUT2D eigenvalue weighted by Gasteiger charge is 2.33. The maximum Gasteiger partial charge on any atom is 0.430 e. The molecule has 152 valence electrons. The van der Waals surface area contributed by atoms with E-state index in [-0.39, 0.29) is 16.0 Å². The summed E-state index contributed by atoms with van der Waals surface area (Å²) in [4.78, 5) is 4.20. The number of allylic oxidation sites excluding steroid dienone is 6. The van der Waals surface area contributed by atoms with Crippen molar-refractivity contribution in [2.24, 2.45) is 15.5 Å². The van der Waals surface area contributed by atoms with Crippen LogP contribution >= 0.6 is 0 Å². The number of halogens is 3. The summed E-state index contributed by atoms with van der Waals surface area (Å²) in [6.07, 6.45) is 2.51. The second kappa shape index (κ2) is 7.92. The number of aliphatic imine (C=N–C) groups is 1. The highest BCUT2D eigenvalue weighted by molar-refractivity contribution is 7.89. The van der Waals surface area contributed by atoms with Crippen LogP contribution in [0.15, 0.2) is 69.7 Å². The molecule has 0 saturated heterocycles. The number of hydrogen-bond acceptors (Lipinski definition) is 4. The summed E-state index contributed by atoms with van der Waals surface area (Å²) in [5.41, 5.74) is -0.0729. The van der Waals surface area contributed by atoms with Crippen LogP contribution in [0.5, 0.6) is 0 Å². The quantitative estimate of drug-likeness (QED) is 0.716. The lowest BCUT2D eigenvalue weighted by molar-refractivity contribution is -0.0958. The van der Waals surface area contributed by atoms with Gasteiger partial charge in [0.25, 0.3) is 0 Å². The number of primary sulfonamides is 1. The van der Waals surface area contributed by atoms with E-state index in [9.17, 15) is 21.6 Å². The molecule has 1 aromatic rings. The number of rotatable bonds is 5. The third-order valence-corrected chi connectivity index (χ3v) is 5.06. The van der Waals surface area contributed by atoms with Gasteiger partial charge in [-0.1, -0.05) is 32.1 Å². The molecule has 1 aliphatic rings. The Morgan fingerprint density at radius 1 is 1.25 bits per heavy atom. The molecule has 2 rings (SSSR count). The van der Waals surface area contributed by atoms with Crippen molar-refractivity contribution in [2.75, 3.05) is 7.05 Å². The molecule has 0 saturated carbocycles. The minimum Gasteiger partial charge on any atom is -0.384 e. The average molecular weight is 413 g/mol. The second-order valence-electron chi connectivity index (χ2n) is 7.03. The summed E-state index contributed by atoms with van der Waals surface area (Å²) in [5.74, 6) is 0. The van der Waals surface area contributed by atoms with Gasteiger partial charge >= 0.3 is 6.18 Å². The van der Waals surface area contributed by atoms with Gasteiger partial charge in [-0.2, -0.15) is 13.2 Å². The standard InChI is InChI=1S/C19H22F3N3O2S/c1-18(2)10-8-13(9-11-18)16(12-17(24-3)19(20,21)22)25-14-4-6-15(7-5-14)28(23,26)27/h4-10,12,24H,11H2,1-3H3,(H2,23,26,27). The van der Waals surface area contributed by atoms with Gasteiger partial charge in [0, 0.05) is 7.05 Å². The normalized spacial score (nSPS) is 18.0. The molecule has 0 radical (unpaired) electrons. The molecule has 1 aliphatic carbocycles. The molecular formula is C19H22F3N3O2S. The van der Waals surface area contributed by atoms with Crippen LogP contribution in [0.2, 0.25) is 0 Å². The van der Waals surface area contributed by atoms with Gasteiger partial charge in [0.05, 0.1) is 16.3 Å². The van der Waals surface area contributed by atoms with Gasteiger partial charge in [0.1, 0.15) is 5.70 Å². The van der Waals surface area contributed by atoms with E-state index in [1.165, 1.54) is 31.3 Å². The molecule has 0 fully saturated rings. The molecule has 0 bridgehead atoms. The fourth-order valence-electron chi connectivity index (χ4n) is 2.48. The van der Waals surface area contributed by atoms with Crippen LogP contribution in [-0.2, 0) is 10.0 Å². The highest BCUT2D eigenvalue weighted by atomic mass is 32.2. The van der Waals surface area contributed by atoms with Crippen molar-refractivity contribution in [3.8, 4) is 0 Å². The average Bonchev–Trinajstić information content (AvgIpc) is 2.57. The van der Waals surface area contributed by atoms with E-state index in [0.717, 1.165) is 6.08 Å². The Labute approximate surface area is 162 Å². The predicted molar refractivity (Wildman–Crippen MR) is 104 cm³/mol. The number of nitrogens with zero attached hydrogens (tertiary/aromatic N) is 1. The van der Waals surface area contributed by atoms with Crippen LogP contribution in [0.3, 0.4) is 0 Å². The van der Waals surface area contributed by atoms with Gasteiger partial charge in [-0.25, -0.2) is 18.5 Å². The fourth-order valence-corrected chi connectivity index (χ4v) is 2.99. The smallest absolute Gasteiger partial charge is 0.384 e. The first kappa shape index (κ1) is 21.9. The summed E-state index contributed by atoms with van der Waals surface area (Å²) < 4.78 is 62.3. The molecular weight excluding hydrogens is 391 g/mol. The largest absolute Gasteiger partial charge is 0.430 e. The topological polar surface area (TPSA) is 84.5 Å².